The van der Waals surface area contributed by atoms with Crippen molar-refractivity contribution in [1.29, 1.82) is 0 Å². The Kier molecular flexibility index (Phi) is 3.70. The first-order valence-electron chi connectivity index (χ1n) is 7.48. The zero-order valence-corrected chi connectivity index (χ0v) is 13.5. The van der Waals surface area contributed by atoms with E-state index in [-0.39, 0.29) is 0 Å². The van der Waals surface area contributed by atoms with Gasteiger partial charge < -0.3 is 14.0 Å². The molecule has 0 amide bonds. The van der Waals surface area contributed by atoms with Crippen molar-refractivity contribution in [3.63, 3.8) is 0 Å². The summed E-state index contributed by atoms with van der Waals surface area (Å²) in [6.45, 7) is 0.406. The van der Waals surface area contributed by atoms with Gasteiger partial charge in [-0.2, -0.15) is 0 Å². The molecule has 1 fully saturated rings. The van der Waals surface area contributed by atoms with Gasteiger partial charge in [0.05, 0.1) is 0 Å². The van der Waals surface area contributed by atoms with Crippen molar-refractivity contribution in [2.75, 3.05) is 0 Å². The summed E-state index contributed by atoms with van der Waals surface area (Å²) in [5.41, 5.74) is 0. The van der Waals surface area contributed by atoms with Crippen LogP contribution in [0.4, 0.5) is 0 Å². The Bertz CT molecular complexity index is 779. The lowest BCUT2D eigenvalue weighted by Crippen LogP contribution is -2.05. The first-order valence-corrected chi connectivity index (χ1v) is 8.36. The van der Waals surface area contributed by atoms with E-state index in [4.69, 9.17) is 9.47 Å². The molecule has 23 heavy (non-hydrogen) atoms. The number of benzene rings is 1. The highest BCUT2D eigenvalue weighted by Gasteiger charge is 2.29. The highest BCUT2D eigenvalue weighted by atomic mass is 32.1. The molecule has 0 N–H and O–H groups in total. The molecule has 6 nitrogen and oxygen atoms in total. The second-order valence-corrected chi connectivity index (χ2v) is 6.32. The van der Waals surface area contributed by atoms with Crippen molar-refractivity contribution in [2.45, 2.75) is 25.4 Å². The van der Waals surface area contributed by atoms with Crippen LogP contribution in [-0.4, -0.2) is 19.7 Å². The third-order valence-corrected chi connectivity index (χ3v) is 4.40. The normalized spacial score (nSPS) is 14.0. The van der Waals surface area contributed by atoms with E-state index in [9.17, 15) is 0 Å². The summed E-state index contributed by atoms with van der Waals surface area (Å²) in [5.74, 6) is 4.00. The molecule has 2 heterocycles. The Balaban J connectivity index is 1.37. The molecule has 1 aliphatic rings. The standard InChI is InChI=1S/C16H16N4O2S/c1-20-14(18-19-15(20)11-2-3-11)10-21-12-4-6-13(7-5-12)22-16-17-8-9-23-16/h4-9,11H,2-3,10H2,1H3. The number of ether oxygens (including phenoxy) is 2. The molecule has 4 rings (SSSR count). The maximum atomic E-state index is 5.78. The van der Waals surface area contributed by atoms with Gasteiger partial charge in [-0.15, -0.1) is 10.2 Å². The number of thiazole rings is 1. The van der Waals surface area contributed by atoms with Crippen LogP contribution in [0, 0.1) is 0 Å². The predicted octanol–water partition coefficient (Wildman–Crippen LogP) is 3.52. The van der Waals surface area contributed by atoms with E-state index in [0.717, 1.165) is 23.1 Å². The molecular weight excluding hydrogens is 312 g/mol. The average Bonchev–Trinajstić information content (AvgIpc) is 3.15. The van der Waals surface area contributed by atoms with Crippen molar-refractivity contribution >= 4 is 11.3 Å². The maximum absolute atomic E-state index is 5.78. The molecule has 1 saturated carbocycles. The summed E-state index contributed by atoms with van der Waals surface area (Å²) in [5, 5.41) is 11.0. The van der Waals surface area contributed by atoms with E-state index in [1.807, 2.05) is 41.3 Å². The highest BCUT2D eigenvalue weighted by molar-refractivity contribution is 7.11. The largest absolute Gasteiger partial charge is 0.486 e. The van der Waals surface area contributed by atoms with Gasteiger partial charge in [-0.3, -0.25) is 0 Å². The summed E-state index contributed by atoms with van der Waals surface area (Å²) in [7, 11) is 2.00. The van der Waals surface area contributed by atoms with Gasteiger partial charge in [0.25, 0.3) is 5.19 Å². The minimum absolute atomic E-state index is 0.406. The molecule has 2 aromatic heterocycles. The third kappa shape index (κ3) is 3.19. The molecule has 0 radical (unpaired) electrons. The smallest absolute Gasteiger partial charge is 0.278 e. The van der Waals surface area contributed by atoms with Crippen LogP contribution in [0.25, 0.3) is 0 Å². The molecule has 1 aliphatic carbocycles. The van der Waals surface area contributed by atoms with Gasteiger partial charge >= 0.3 is 0 Å². The topological polar surface area (TPSA) is 62.1 Å². The second kappa shape index (κ2) is 6.00. The summed E-state index contributed by atoms with van der Waals surface area (Å²) < 4.78 is 13.4. The number of rotatable bonds is 6. The van der Waals surface area contributed by atoms with E-state index in [0.29, 0.717) is 17.7 Å². The molecule has 0 saturated heterocycles. The van der Waals surface area contributed by atoms with Gasteiger partial charge in [0.1, 0.15) is 23.9 Å². The van der Waals surface area contributed by atoms with Crippen LogP contribution in [0.2, 0.25) is 0 Å². The number of hydrogen-bond donors (Lipinski definition) is 0. The van der Waals surface area contributed by atoms with Crippen molar-refractivity contribution in [1.82, 2.24) is 19.7 Å². The van der Waals surface area contributed by atoms with Gasteiger partial charge in [-0.25, -0.2) is 4.98 Å². The van der Waals surface area contributed by atoms with Crippen molar-refractivity contribution < 1.29 is 9.47 Å². The summed E-state index contributed by atoms with van der Waals surface area (Å²) in [4.78, 5) is 4.09. The maximum Gasteiger partial charge on any atom is 0.278 e. The number of hydrogen-bond acceptors (Lipinski definition) is 6. The van der Waals surface area contributed by atoms with Crippen molar-refractivity contribution in [3.05, 3.63) is 47.5 Å². The van der Waals surface area contributed by atoms with Gasteiger partial charge in [0.15, 0.2) is 5.82 Å². The molecule has 1 aromatic carbocycles. The monoisotopic (exact) mass is 328 g/mol. The van der Waals surface area contributed by atoms with E-state index in [1.54, 1.807) is 6.20 Å². The van der Waals surface area contributed by atoms with Gasteiger partial charge in [-0.05, 0) is 37.1 Å². The molecule has 0 spiro atoms. The predicted molar refractivity (Wildman–Crippen MR) is 85.9 cm³/mol. The van der Waals surface area contributed by atoms with E-state index in [1.165, 1.54) is 24.2 Å². The fraction of sp³-hybridized carbons (Fsp3) is 0.312. The van der Waals surface area contributed by atoms with Gasteiger partial charge in [-0.1, -0.05) is 11.3 Å². The SMILES string of the molecule is Cn1c(COc2ccc(Oc3nccs3)cc2)nnc1C1CC1. The zero-order valence-electron chi connectivity index (χ0n) is 12.7. The van der Waals surface area contributed by atoms with E-state index >= 15 is 0 Å². The molecule has 3 aromatic rings. The Labute approximate surface area is 137 Å². The third-order valence-electron chi connectivity index (χ3n) is 3.75. The minimum atomic E-state index is 0.406. The summed E-state index contributed by atoms with van der Waals surface area (Å²) >= 11 is 1.46. The lowest BCUT2D eigenvalue weighted by molar-refractivity contribution is 0.290. The van der Waals surface area contributed by atoms with Gasteiger partial charge in [0.2, 0.25) is 0 Å². The fourth-order valence-electron chi connectivity index (χ4n) is 2.31. The van der Waals surface area contributed by atoms with Crippen molar-refractivity contribution in [2.24, 2.45) is 7.05 Å². The zero-order chi connectivity index (χ0) is 15.6. The fourth-order valence-corrected chi connectivity index (χ4v) is 2.82. The first-order chi connectivity index (χ1) is 11.3. The number of nitrogens with zero attached hydrogens (tertiary/aromatic N) is 4. The minimum Gasteiger partial charge on any atom is -0.486 e. The lowest BCUT2D eigenvalue weighted by Gasteiger charge is -2.07. The Morgan fingerprint density at radius 1 is 1.17 bits per heavy atom. The molecule has 7 heteroatoms. The average molecular weight is 328 g/mol. The Morgan fingerprint density at radius 2 is 1.96 bits per heavy atom. The van der Waals surface area contributed by atoms with E-state index in [2.05, 4.69) is 15.2 Å². The molecule has 118 valence electrons. The van der Waals surface area contributed by atoms with Crippen LogP contribution in [0.3, 0.4) is 0 Å². The van der Waals surface area contributed by atoms with Crippen molar-refractivity contribution in [3.8, 4) is 16.7 Å². The lowest BCUT2D eigenvalue weighted by atomic mass is 10.3. The molecule has 0 unspecified atom stereocenters. The summed E-state index contributed by atoms with van der Waals surface area (Å²) in [6.07, 6.45) is 4.15. The second-order valence-electron chi connectivity index (χ2n) is 5.47. The highest BCUT2D eigenvalue weighted by Crippen LogP contribution is 2.38. The van der Waals surface area contributed by atoms with Crippen LogP contribution >= 0.6 is 11.3 Å². The van der Waals surface area contributed by atoms with Crippen LogP contribution in [0.5, 0.6) is 16.7 Å². The van der Waals surface area contributed by atoms with Crippen LogP contribution in [0.15, 0.2) is 35.8 Å². The molecule has 0 bridgehead atoms. The molecule has 0 aliphatic heterocycles. The Morgan fingerprint density at radius 3 is 2.65 bits per heavy atom. The van der Waals surface area contributed by atoms with Crippen LogP contribution in [-0.2, 0) is 13.7 Å². The Hall–Kier alpha value is -2.41. The number of aromatic nitrogens is 4. The molecular formula is C16H16N4O2S. The summed E-state index contributed by atoms with van der Waals surface area (Å²) in [6, 6.07) is 7.48. The molecule has 0 atom stereocenters. The van der Waals surface area contributed by atoms with Crippen LogP contribution < -0.4 is 9.47 Å². The van der Waals surface area contributed by atoms with Gasteiger partial charge in [0, 0.05) is 24.5 Å². The quantitative estimate of drug-likeness (QED) is 0.693. The van der Waals surface area contributed by atoms with Crippen LogP contribution in [0.1, 0.15) is 30.4 Å². The van der Waals surface area contributed by atoms with E-state index < -0.39 is 0 Å². The first kappa shape index (κ1) is 14.2.